The van der Waals surface area contributed by atoms with Crippen molar-refractivity contribution < 1.29 is 9.53 Å². The Balaban J connectivity index is 1.51. The highest BCUT2D eigenvalue weighted by Crippen LogP contribution is 2.22. The fraction of sp³-hybridized carbons (Fsp3) is 0.0952. The van der Waals surface area contributed by atoms with E-state index in [0.717, 1.165) is 10.9 Å². The summed E-state index contributed by atoms with van der Waals surface area (Å²) in [6.07, 6.45) is 1.72. The van der Waals surface area contributed by atoms with Crippen molar-refractivity contribution >= 4 is 16.8 Å². The van der Waals surface area contributed by atoms with Gasteiger partial charge in [-0.1, -0.05) is 36.1 Å². The number of benzene rings is 2. The summed E-state index contributed by atoms with van der Waals surface area (Å²) in [6.45, 7) is 0.405. The Morgan fingerprint density at radius 3 is 2.85 bits per heavy atom. The molecule has 5 nitrogen and oxygen atoms in total. The Hall–Kier alpha value is -3.83. The number of rotatable bonds is 4. The molecule has 26 heavy (non-hydrogen) atoms. The summed E-state index contributed by atoms with van der Waals surface area (Å²) in [5.41, 5.74) is 1.67. The molecule has 0 atom stereocenters. The highest BCUT2D eigenvalue weighted by atomic mass is 16.5. The number of pyridine rings is 1. The number of ether oxygens (including phenoxy) is 1. The molecule has 126 valence electrons. The average molecular weight is 341 g/mol. The number of hydrogen-bond donors (Lipinski definition) is 1. The molecule has 0 aliphatic carbocycles. The smallest absolute Gasteiger partial charge is 0.252 e. The van der Waals surface area contributed by atoms with Crippen molar-refractivity contribution in [3.05, 3.63) is 71.9 Å². The van der Waals surface area contributed by atoms with Gasteiger partial charge in [0.1, 0.15) is 17.9 Å². The van der Waals surface area contributed by atoms with E-state index in [1.807, 2.05) is 36.4 Å². The van der Waals surface area contributed by atoms with E-state index in [1.54, 1.807) is 30.5 Å². The third-order valence-electron chi connectivity index (χ3n) is 3.61. The number of amides is 1. The number of carbonyl (C=O) groups excluding carboxylic acids is 1. The maximum absolute atomic E-state index is 12.0. The number of nitrogens with zero attached hydrogens (tertiary/aromatic N) is 2. The minimum atomic E-state index is -0.268. The van der Waals surface area contributed by atoms with Gasteiger partial charge in [-0.2, -0.15) is 5.26 Å². The van der Waals surface area contributed by atoms with Gasteiger partial charge < -0.3 is 10.1 Å². The van der Waals surface area contributed by atoms with Gasteiger partial charge in [0.25, 0.3) is 5.91 Å². The van der Waals surface area contributed by atoms with E-state index in [9.17, 15) is 4.79 Å². The van der Waals surface area contributed by atoms with Crippen molar-refractivity contribution in [3.8, 4) is 23.7 Å². The van der Waals surface area contributed by atoms with Crippen LogP contribution in [0.2, 0.25) is 0 Å². The molecular weight excluding hydrogens is 326 g/mol. The standard InChI is InChI=1S/C21H15N3O2/c22-15-16-6-3-8-18(14-16)21(25)24-11-1-2-13-26-19-10-4-7-17-9-5-12-23-20(17)19/h3-10,12,14H,11,13H2,(H,24,25). The van der Waals surface area contributed by atoms with Gasteiger partial charge in [-0.25, -0.2) is 0 Å². The molecule has 0 aliphatic heterocycles. The maximum atomic E-state index is 12.0. The minimum Gasteiger partial charge on any atom is -0.479 e. The van der Waals surface area contributed by atoms with E-state index >= 15 is 0 Å². The topological polar surface area (TPSA) is 75.0 Å². The molecule has 3 aromatic rings. The second-order valence-electron chi connectivity index (χ2n) is 5.35. The molecular formula is C21H15N3O2. The van der Waals surface area contributed by atoms with Crippen LogP contribution in [0.5, 0.6) is 5.75 Å². The SMILES string of the molecule is N#Cc1cccc(C(=O)NCC#CCOc2cccc3cccnc23)c1. The fourth-order valence-electron chi connectivity index (χ4n) is 2.38. The summed E-state index contributed by atoms with van der Waals surface area (Å²) in [5.74, 6) is 6.11. The first-order valence-electron chi connectivity index (χ1n) is 7.98. The number of carbonyl (C=O) groups is 1. The van der Waals surface area contributed by atoms with Crippen molar-refractivity contribution in [2.75, 3.05) is 13.2 Å². The van der Waals surface area contributed by atoms with Crippen LogP contribution in [0, 0.1) is 23.2 Å². The van der Waals surface area contributed by atoms with Crippen molar-refractivity contribution in [1.29, 1.82) is 5.26 Å². The lowest BCUT2D eigenvalue weighted by atomic mass is 10.1. The Bertz CT molecular complexity index is 1040. The highest BCUT2D eigenvalue weighted by molar-refractivity contribution is 5.94. The third kappa shape index (κ3) is 4.17. The number of nitrogens with one attached hydrogen (secondary N) is 1. The van der Waals surface area contributed by atoms with Gasteiger partial charge in [-0.15, -0.1) is 0 Å². The Morgan fingerprint density at radius 1 is 1.12 bits per heavy atom. The van der Waals surface area contributed by atoms with E-state index in [4.69, 9.17) is 10.00 Å². The molecule has 5 heteroatoms. The van der Waals surface area contributed by atoms with Crippen LogP contribution in [-0.4, -0.2) is 24.0 Å². The highest BCUT2D eigenvalue weighted by Gasteiger charge is 2.04. The van der Waals surface area contributed by atoms with Crippen molar-refractivity contribution in [1.82, 2.24) is 10.3 Å². The monoisotopic (exact) mass is 341 g/mol. The van der Waals surface area contributed by atoms with Crippen molar-refractivity contribution in [3.63, 3.8) is 0 Å². The number of nitriles is 1. The summed E-state index contributed by atoms with van der Waals surface area (Å²) >= 11 is 0. The van der Waals surface area contributed by atoms with E-state index in [0.29, 0.717) is 16.9 Å². The van der Waals surface area contributed by atoms with E-state index < -0.39 is 0 Å². The first-order valence-corrected chi connectivity index (χ1v) is 7.98. The van der Waals surface area contributed by atoms with Gasteiger partial charge in [-0.3, -0.25) is 9.78 Å². The predicted octanol–water partition coefficient (Wildman–Crippen LogP) is 2.92. The first-order chi connectivity index (χ1) is 12.8. The molecule has 1 amide bonds. The van der Waals surface area contributed by atoms with Gasteiger partial charge in [0.15, 0.2) is 0 Å². The van der Waals surface area contributed by atoms with E-state index in [-0.39, 0.29) is 19.1 Å². The van der Waals surface area contributed by atoms with Gasteiger partial charge in [0, 0.05) is 17.1 Å². The van der Waals surface area contributed by atoms with E-state index in [2.05, 4.69) is 22.1 Å². The van der Waals surface area contributed by atoms with Crippen LogP contribution in [0.4, 0.5) is 0 Å². The lowest BCUT2D eigenvalue weighted by molar-refractivity contribution is 0.0958. The van der Waals surface area contributed by atoms with Crippen molar-refractivity contribution in [2.24, 2.45) is 0 Å². The largest absolute Gasteiger partial charge is 0.479 e. The van der Waals surface area contributed by atoms with Gasteiger partial charge in [0.2, 0.25) is 0 Å². The zero-order valence-corrected chi connectivity index (χ0v) is 13.9. The molecule has 0 spiro atoms. The van der Waals surface area contributed by atoms with E-state index in [1.165, 1.54) is 0 Å². The normalized spacial score (nSPS) is 9.65. The molecule has 0 fully saturated rings. The molecule has 1 heterocycles. The summed E-state index contributed by atoms with van der Waals surface area (Å²) in [6, 6.07) is 18.1. The summed E-state index contributed by atoms with van der Waals surface area (Å²) in [7, 11) is 0. The number of para-hydroxylation sites is 1. The van der Waals surface area contributed by atoms with Crippen LogP contribution in [0.25, 0.3) is 10.9 Å². The zero-order valence-electron chi connectivity index (χ0n) is 13.9. The second-order valence-corrected chi connectivity index (χ2v) is 5.35. The van der Waals surface area contributed by atoms with Gasteiger partial charge in [0.05, 0.1) is 18.2 Å². The van der Waals surface area contributed by atoms with Gasteiger partial charge in [-0.05, 0) is 30.3 Å². The first kappa shape index (κ1) is 17.0. The molecule has 1 N–H and O–H groups in total. The summed E-state index contributed by atoms with van der Waals surface area (Å²) in [5, 5.41) is 12.5. The molecule has 0 bridgehead atoms. The van der Waals surface area contributed by atoms with Crippen LogP contribution < -0.4 is 10.1 Å². The lowest BCUT2D eigenvalue weighted by Crippen LogP contribution is -2.23. The number of aromatic nitrogens is 1. The second kappa shape index (κ2) is 8.32. The molecule has 1 aromatic heterocycles. The summed E-state index contributed by atoms with van der Waals surface area (Å²) < 4.78 is 5.66. The van der Waals surface area contributed by atoms with Crippen LogP contribution in [0.1, 0.15) is 15.9 Å². The fourth-order valence-corrected chi connectivity index (χ4v) is 2.38. The molecule has 2 aromatic carbocycles. The Morgan fingerprint density at radius 2 is 1.96 bits per heavy atom. The minimum absolute atomic E-state index is 0.201. The number of fused-ring (bicyclic) bond motifs is 1. The molecule has 0 unspecified atom stereocenters. The Kier molecular flexibility index (Phi) is 5.44. The molecule has 3 rings (SSSR count). The third-order valence-corrected chi connectivity index (χ3v) is 3.61. The lowest BCUT2D eigenvalue weighted by Gasteiger charge is -2.05. The number of hydrogen-bond acceptors (Lipinski definition) is 4. The van der Waals surface area contributed by atoms with Crippen LogP contribution in [-0.2, 0) is 0 Å². The molecule has 0 radical (unpaired) electrons. The van der Waals surface area contributed by atoms with Crippen LogP contribution in [0.15, 0.2) is 60.8 Å². The zero-order chi connectivity index (χ0) is 18.2. The summed E-state index contributed by atoms with van der Waals surface area (Å²) in [4.78, 5) is 16.3. The maximum Gasteiger partial charge on any atom is 0.252 e. The molecule has 0 saturated heterocycles. The van der Waals surface area contributed by atoms with Crippen LogP contribution >= 0.6 is 0 Å². The average Bonchev–Trinajstić information content (AvgIpc) is 2.70. The van der Waals surface area contributed by atoms with Gasteiger partial charge >= 0.3 is 0 Å². The van der Waals surface area contributed by atoms with Crippen molar-refractivity contribution in [2.45, 2.75) is 0 Å². The van der Waals surface area contributed by atoms with Crippen LogP contribution in [0.3, 0.4) is 0 Å². The Labute approximate surface area is 151 Å². The molecule has 0 saturated carbocycles. The predicted molar refractivity (Wildman–Crippen MR) is 98.5 cm³/mol. The quantitative estimate of drug-likeness (QED) is 0.741. The molecule has 0 aliphatic rings.